The highest BCUT2D eigenvalue weighted by molar-refractivity contribution is 5.90. The van der Waals surface area contributed by atoms with Gasteiger partial charge in [-0.15, -0.1) is 0 Å². The number of nitrogens with zero attached hydrogens (tertiary/aromatic N) is 3. The minimum atomic E-state index is 0.823. The number of benzene rings is 1. The summed E-state index contributed by atoms with van der Waals surface area (Å²) in [5.74, 6) is 0. The summed E-state index contributed by atoms with van der Waals surface area (Å²) in [5, 5.41) is 10.6. The quantitative estimate of drug-likeness (QED) is 0.722. The summed E-state index contributed by atoms with van der Waals surface area (Å²) in [6.07, 6.45) is 0.934. The highest BCUT2D eigenvalue weighted by Gasteiger charge is 2.21. The molecule has 2 heterocycles. The molecule has 0 saturated carbocycles. The summed E-state index contributed by atoms with van der Waals surface area (Å²) < 4.78 is 0. The Labute approximate surface area is 113 Å². The van der Waals surface area contributed by atoms with Crippen LogP contribution in [0.25, 0.3) is 10.9 Å². The monoisotopic (exact) mass is 251 g/mol. The van der Waals surface area contributed by atoms with E-state index in [1.54, 1.807) is 0 Å². The van der Waals surface area contributed by atoms with Crippen LogP contribution < -0.4 is 0 Å². The number of rotatable bonds is 0. The summed E-state index contributed by atoms with van der Waals surface area (Å²) in [7, 11) is 2.09. The number of aryl methyl sites for hydroxylation is 2. The molecule has 0 N–H and O–H groups in total. The molecule has 3 heteroatoms. The molecule has 1 aliphatic rings. The van der Waals surface area contributed by atoms with Crippen molar-refractivity contribution >= 4 is 10.9 Å². The maximum absolute atomic E-state index is 9.58. The Balaban J connectivity index is 2.40. The maximum atomic E-state index is 9.58. The molecule has 1 aromatic carbocycles. The van der Waals surface area contributed by atoms with Crippen molar-refractivity contribution in [2.75, 3.05) is 13.6 Å². The SMILES string of the molecule is Cc1cc(C)c2c(C#N)c3c(nc2c1)CCN(C)C3. The van der Waals surface area contributed by atoms with Gasteiger partial charge in [-0.3, -0.25) is 4.98 Å². The van der Waals surface area contributed by atoms with Crippen LogP contribution in [0.5, 0.6) is 0 Å². The van der Waals surface area contributed by atoms with E-state index >= 15 is 0 Å². The zero-order valence-electron chi connectivity index (χ0n) is 11.6. The van der Waals surface area contributed by atoms with E-state index in [1.165, 1.54) is 5.56 Å². The molecule has 2 aromatic rings. The first-order valence-electron chi connectivity index (χ1n) is 6.61. The number of likely N-dealkylation sites (N-methyl/N-ethyl adjacent to an activating group) is 1. The first-order chi connectivity index (χ1) is 9.10. The summed E-state index contributed by atoms with van der Waals surface area (Å²) in [6, 6.07) is 6.63. The van der Waals surface area contributed by atoms with Gasteiger partial charge in [-0.05, 0) is 38.1 Å². The molecular formula is C16H17N3. The van der Waals surface area contributed by atoms with Gasteiger partial charge in [0.15, 0.2) is 0 Å². The predicted octanol–water partition coefficient (Wildman–Crippen LogP) is 2.71. The number of nitriles is 1. The molecule has 0 atom stereocenters. The maximum Gasteiger partial charge on any atom is 0.100 e. The molecule has 3 rings (SSSR count). The summed E-state index contributed by atoms with van der Waals surface area (Å²) in [6.45, 7) is 5.99. The highest BCUT2D eigenvalue weighted by atomic mass is 15.1. The molecule has 0 radical (unpaired) electrons. The molecule has 19 heavy (non-hydrogen) atoms. The van der Waals surface area contributed by atoms with Crippen molar-refractivity contribution in [3.8, 4) is 6.07 Å². The van der Waals surface area contributed by atoms with E-state index < -0.39 is 0 Å². The van der Waals surface area contributed by atoms with Gasteiger partial charge in [0.1, 0.15) is 6.07 Å². The first kappa shape index (κ1) is 12.1. The van der Waals surface area contributed by atoms with Crippen molar-refractivity contribution in [1.29, 1.82) is 5.26 Å². The molecule has 1 aliphatic heterocycles. The second-order valence-corrected chi connectivity index (χ2v) is 5.49. The lowest BCUT2D eigenvalue weighted by molar-refractivity contribution is 0.310. The zero-order valence-corrected chi connectivity index (χ0v) is 11.6. The third-order valence-electron chi connectivity index (χ3n) is 3.88. The minimum absolute atomic E-state index is 0.823. The van der Waals surface area contributed by atoms with E-state index in [2.05, 4.69) is 44.0 Å². The fraction of sp³-hybridized carbons (Fsp3) is 0.375. The molecule has 0 saturated heterocycles. The minimum Gasteiger partial charge on any atom is -0.302 e. The number of hydrogen-bond acceptors (Lipinski definition) is 3. The number of hydrogen-bond donors (Lipinski definition) is 0. The van der Waals surface area contributed by atoms with Gasteiger partial charge in [0.2, 0.25) is 0 Å². The molecule has 0 amide bonds. The van der Waals surface area contributed by atoms with Gasteiger partial charge >= 0.3 is 0 Å². The van der Waals surface area contributed by atoms with Crippen LogP contribution in [0.15, 0.2) is 12.1 Å². The summed E-state index contributed by atoms with van der Waals surface area (Å²) in [5.41, 5.74) is 6.37. The van der Waals surface area contributed by atoms with Crippen LogP contribution in [0, 0.1) is 25.2 Å². The standard InChI is InChI=1S/C16H17N3/c1-10-6-11(2)16-12(8-17)13-9-19(3)5-4-14(13)18-15(16)7-10/h6-7H,4-5,9H2,1-3H3. The van der Waals surface area contributed by atoms with Crippen LogP contribution >= 0.6 is 0 Å². The smallest absolute Gasteiger partial charge is 0.100 e. The Bertz CT molecular complexity index is 710. The third-order valence-corrected chi connectivity index (χ3v) is 3.88. The Hall–Kier alpha value is -1.92. The van der Waals surface area contributed by atoms with Crippen molar-refractivity contribution in [3.63, 3.8) is 0 Å². The molecule has 0 spiro atoms. The Morgan fingerprint density at radius 1 is 1.32 bits per heavy atom. The predicted molar refractivity (Wildman–Crippen MR) is 76.0 cm³/mol. The average Bonchev–Trinajstić information content (AvgIpc) is 2.36. The topological polar surface area (TPSA) is 39.9 Å². The van der Waals surface area contributed by atoms with Gasteiger partial charge in [-0.25, -0.2) is 0 Å². The normalized spacial score (nSPS) is 15.3. The lowest BCUT2D eigenvalue weighted by atomic mass is 9.94. The van der Waals surface area contributed by atoms with Gasteiger partial charge in [0, 0.05) is 36.2 Å². The molecule has 3 nitrogen and oxygen atoms in total. The van der Waals surface area contributed by atoms with E-state index in [9.17, 15) is 5.26 Å². The van der Waals surface area contributed by atoms with E-state index in [0.717, 1.165) is 52.8 Å². The summed E-state index contributed by atoms with van der Waals surface area (Å²) in [4.78, 5) is 7.05. The van der Waals surface area contributed by atoms with Crippen molar-refractivity contribution < 1.29 is 0 Å². The van der Waals surface area contributed by atoms with Crippen LogP contribution in [0.3, 0.4) is 0 Å². The molecule has 1 aromatic heterocycles. The highest BCUT2D eigenvalue weighted by Crippen LogP contribution is 2.29. The van der Waals surface area contributed by atoms with Crippen molar-refractivity contribution in [1.82, 2.24) is 9.88 Å². The molecular weight excluding hydrogens is 234 g/mol. The van der Waals surface area contributed by atoms with Gasteiger partial charge in [-0.1, -0.05) is 6.07 Å². The van der Waals surface area contributed by atoms with Crippen molar-refractivity contribution in [2.24, 2.45) is 0 Å². The van der Waals surface area contributed by atoms with Crippen LogP contribution in [-0.2, 0) is 13.0 Å². The number of aromatic nitrogens is 1. The second kappa shape index (κ2) is 4.32. The Kier molecular flexibility index (Phi) is 2.76. The number of pyridine rings is 1. The molecule has 0 bridgehead atoms. The number of fused-ring (bicyclic) bond motifs is 2. The van der Waals surface area contributed by atoms with Crippen LogP contribution in [0.1, 0.15) is 27.9 Å². The second-order valence-electron chi connectivity index (χ2n) is 5.49. The van der Waals surface area contributed by atoms with E-state index in [0.29, 0.717) is 0 Å². The van der Waals surface area contributed by atoms with Crippen LogP contribution in [0.4, 0.5) is 0 Å². The summed E-state index contributed by atoms with van der Waals surface area (Å²) >= 11 is 0. The van der Waals surface area contributed by atoms with Gasteiger partial charge in [0.05, 0.1) is 11.1 Å². The fourth-order valence-corrected chi connectivity index (χ4v) is 3.01. The van der Waals surface area contributed by atoms with Gasteiger partial charge < -0.3 is 4.90 Å². The Morgan fingerprint density at radius 2 is 2.11 bits per heavy atom. The largest absolute Gasteiger partial charge is 0.302 e. The Morgan fingerprint density at radius 3 is 2.84 bits per heavy atom. The van der Waals surface area contributed by atoms with Gasteiger partial charge in [0.25, 0.3) is 0 Å². The fourth-order valence-electron chi connectivity index (χ4n) is 3.01. The molecule has 0 unspecified atom stereocenters. The van der Waals surface area contributed by atoms with E-state index in [-0.39, 0.29) is 0 Å². The lowest BCUT2D eigenvalue weighted by Gasteiger charge is -2.26. The van der Waals surface area contributed by atoms with Crippen LogP contribution in [0.2, 0.25) is 0 Å². The molecule has 0 fully saturated rings. The zero-order chi connectivity index (χ0) is 13.6. The molecule has 96 valence electrons. The first-order valence-corrected chi connectivity index (χ1v) is 6.61. The van der Waals surface area contributed by atoms with Crippen molar-refractivity contribution in [3.05, 3.63) is 40.1 Å². The van der Waals surface area contributed by atoms with Crippen molar-refractivity contribution in [2.45, 2.75) is 26.8 Å². The molecule has 0 aliphatic carbocycles. The average molecular weight is 251 g/mol. The van der Waals surface area contributed by atoms with Gasteiger partial charge in [-0.2, -0.15) is 5.26 Å². The van der Waals surface area contributed by atoms with Crippen LogP contribution in [-0.4, -0.2) is 23.5 Å². The van der Waals surface area contributed by atoms with E-state index in [1.807, 2.05) is 0 Å². The van der Waals surface area contributed by atoms with E-state index in [4.69, 9.17) is 4.98 Å². The third kappa shape index (κ3) is 1.89. The lowest BCUT2D eigenvalue weighted by Crippen LogP contribution is -2.28.